The number of thioether (sulfide) groups is 1. The molecule has 0 spiro atoms. The Bertz CT molecular complexity index is 299. The summed E-state index contributed by atoms with van der Waals surface area (Å²) in [5.41, 5.74) is -0.239. The molecule has 0 unspecified atom stereocenters. The Balaban J connectivity index is 2.66. The van der Waals surface area contributed by atoms with Crippen LogP contribution in [0.2, 0.25) is 0 Å². The van der Waals surface area contributed by atoms with Gasteiger partial charge in [0.15, 0.2) is 5.82 Å². The molecule has 15 heavy (non-hydrogen) atoms. The van der Waals surface area contributed by atoms with Crippen LogP contribution in [-0.2, 0) is 11.3 Å². The van der Waals surface area contributed by atoms with Crippen molar-refractivity contribution in [3.63, 3.8) is 0 Å². The van der Waals surface area contributed by atoms with E-state index in [1.165, 1.54) is 0 Å². The quantitative estimate of drug-likeness (QED) is 0.810. The molecule has 5 heteroatoms. The highest BCUT2D eigenvalue weighted by atomic mass is 32.2. The third kappa shape index (κ3) is 3.50. The second-order valence-corrected chi connectivity index (χ2v) is 5.08. The molecule has 1 aromatic rings. The second kappa shape index (κ2) is 5.51. The van der Waals surface area contributed by atoms with Gasteiger partial charge in [0.2, 0.25) is 5.89 Å². The maximum atomic E-state index is 5.24. The number of hydrogen-bond acceptors (Lipinski definition) is 5. The van der Waals surface area contributed by atoms with E-state index in [9.17, 15) is 0 Å². The molecule has 1 aromatic heterocycles. The Morgan fingerprint density at radius 3 is 2.73 bits per heavy atom. The first-order valence-electron chi connectivity index (χ1n) is 5.26. The van der Waals surface area contributed by atoms with Crippen molar-refractivity contribution in [3.05, 3.63) is 11.7 Å². The van der Waals surface area contributed by atoms with Crippen LogP contribution in [0.15, 0.2) is 4.52 Å². The predicted molar refractivity (Wildman–Crippen MR) is 62.8 cm³/mol. The number of rotatable bonds is 6. The third-order valence-corrected chi connectivity index (χ3v) is 2.93. The molecule has 1 N–H and O–H groups in total. The van der Waals surface area contributed by atoms with Gasteiger partial charge in [-0.2, -0.15) is 16.7 Å². The van der Waals surface area contributed by atoms with Gasteiger partial charge in [-0.3, -0.25) is 0 Å². The monoisotopic (exact) mass is 229 g/mol. The van der Waals surface area contributed by atoms with Crippen LogP contribution in [0.25, 0.3) is 0 Å². The van der Waals surface area contributed by atoms with E-state index in [0.29, 0.717) is 5.89 Å². The van der Waals surface area contributed by atoms with E-state index in [-0.39, 0.29) is 5.54 Å². The van der Waals surface area contributed by atoms with Gasteiger partial charge in [0.1, 0.15) is 0 Å². The molecule has 0 saturated carbocycles. The molecule has 4 nitrogen and oxygen atoms in total. The molecule has 0 aliphatic heterocycles. The molecule has 0 aliphatic rings. The molecule has 0 aromatic carbocycles. The smallest absolute Gasteiger partial charge is 0.246 e. The lowest BCUT2D eigenvalue weighted by Gasteiger charge is -2.20. The fourth-order valence-corrected chi connectivity index (χ4v) is 1.78. The van der Waals surface area contributed by atoms with Crippen molar-refractivity contribution < 1.29 is 4.52 Å². The zero-order valence-electron chi connectivity index (χ0n) is 9.83. The number of aromatic nitrogens is 2. The molecule has 86 valence electrons. The summed E-state index contributed by atoms with van der Waals surface area (Å²) < 4.78 is 5.24. The number of nitrogens with one attached hydrogen (secondary N) is 1. The molecule has 0 saturated heterocycles. The van der Waals surface area contributed by atoms with E-state index in [4.69, 9.17) is 4.52 Å². The lowest BCUT2D eigenvalue weighted by molar-refractivity contribution is 0.271. The molecule has 0 aliphatic carbocycles. The van der Waals surface area contributed by atoms with Crippen molar-refractivity contribution in [1.29, 1.82) is 0 Å². The Morgan fingerprint density at radius 2 is 2.13 bits per heavy atom. The summed E-state index contributed by atoms with van der Waals surface area (Å²) in [6.45, 7) is 9.15. The highest BCUT2D eigenvalue weighted by Gasteiger charge is 2.26. The predicted octanol–water partition coefficient (Wildman–Crippen LogP) is 2.17. The van der Waals surface area contributed by atoms with Crippen LogP contribution in [0.3, 0.4) is 0 Å². The molecule has 0 fully saturated rings. The molecular formula is C10H19N3OS. The minimum atomic E-state index is -0.239. The lowest BCUT2D eigenvalue weighted by Crippen LogP contribution is -2.36. The summed E-state index contributed by atoms with van der Waals surface area (Å²) in [4.78, 5) is 4.38. The minimum absolute atomic E-state index is 0.239. The molecule has 0 amide bonds. The summed E-state index contributed by atoms with van der Waals surface area (Å²) >= 11 is 1.79. The lowest BCUT2D eigenvalue weighted by atomic mass is 10.1. The topological polar surface area (TPSA) is 51.0 Å². The van der Waals surface area contributed by atoms with Crippen molar-refractivity contribution in [3.8, 4) is 0 Å². The SMILES string of the molecule is CCNC(C)(C)c1nc(CSCC)no1. The van der Waals surface area contributed by atoms with Gasteiger partial charge >= 0.3 is 0 Å². The number of nitrogens with zero attached hydrogens (tertiary/aromatic N) is 2. The van der Waals surface area contributed by atoms with Gasteiger partial charge in [-0.1, -0.05) is 19.0 Å². The Hall–Kier alpha value is -0.550. The first-order valence-corrected chi connectivity index (χ1v) is 6.41. The van der Waals surface area contributed by atoms with Crippen LogP contribution in [0.5, 0.6) is 0 Å². The van der Waals surface area contributed by atoms with Crippen molar-refractivity contribution in [2.75, 3.05) is 12.3 Å². The third-order valence-electron chi connectivity index (χ3n) is 2.06. The zero-order valence-corrected chi connectivity index (χ0v) is 10.6. The van der Waals surface area contributed by atoms with Crippen LogP contribution in [-0.4, -0.2) is 22.4 Å². The van der Waals surface area contributed by atoms with Crippen LogP contribution in [0, 0.1) is 0 Å². The highest BCUT2D eigenvalue weighted by molar-refractivity contribution is 7.98. The highest BCUT2D eigenvalue weighted by Crippen LogP contribution is 2.18. The standard InChI is InChI=1S/C10H19N3OS/c1-5-11-10(3,4)9-12-8(13-14-9)7-15-6-2/h11H,5-7H2,1-4H3. The first-order chi connectivity index (χ1) is 7.10. The van der Waals surface area contributed by atoms with E-state index in [1.54, 1.807) is 11.8 Å². The molecule has 1 heterocycles. The van der Waals surface area contributed by atoms with E-state index in [0.717, 1.165) is 23.9 Å². The normalized spacial score (nSPS) is 12.0. The van der Waals surface area contributed by atoms with Gasteiger partial charge in [0.25, 0.3) is 0 Å². The molecule has 0 radical (unpaired) electrons. The maximum absolute atomic E-state index is 5.24. The number of hydrogen-bond donors (Lipinski definition) is 1. The zero-order chi connectivity index (χ0) is 11.3. The average Bonchev–Trinajstić information content (AvgIpc) is 2.63. The van der Waals surface area contributed by atoms with Crippen molar-refractivity contribution in [2.24, 2.45) is 0 Å². The van der Waals surface area contributed by atoms with Gasteiger partial charge in [-0.15, -0.1) is 0 Å². The summed E-state index contributed by atoms with van der Waals surface area (Å²) in [6.07, 6.45) is 0. The van der Waals surface area contributed by atoms with Crippen LogP contribution < -0.4 is 5.32 Å². The van der Waals surface area contributed by atoms with E-state index in [2.05, 4.69) is 29.3 Å². The summed E-state index contributed by atoms with van der Waals surface area (Å²) in [7, 11) is 0. The van der Waals surface area contributed by atoms with Gasteiger partial charge in [-0.05, 0) is 26.1 Å². The van der Waals surface area contributed by atoms with Crippen molar-refractivity contribution in [2.45, 2.75) is 39.0 Å². The van der Waals surface area contributed by atoms with Crippen LogP contribution in [0.1, 0.15) is 39.4 Å². The second-order valence-electron chi connectivity index (χ2n) is 3.81. The average molecular weight is 229 g/mol. The Kier molecular flexibility index (Phi) is 4.60. The fourth-order valence-electron chi connectivity index (χ4n) is 1.28. The van der Waals surface area contributed by atoms with Crippen LogP contribution >= 0.6 is 11.8 Å². The molecule has 0 atom stereocenters. The van der Waals surface area contributed by atoms with Crippen molar-refractivity contribution >= 4 is 11.8 Å². The van der Waals surface area contributed by atoms with E-state index in [1.807, 2.05) is 13.8 Å². The molecular weight excluding hydrogens is 210 g/mol. The largest absolute Gasteiger partial charge is 0.337 e. The van der Waals surface area contributed by atoms with E-state index >= 15 is 0 Å². The first kappa shape index (κ1) is 12.5. The molecule has 1 rings (SSSR count). The summed E-state index contributed by atoms with van der Waals surface area (Å²) in [5, 5.41) is 7.26. The van der Waals surface area contributed by atoms with Crippen LogP contribution in [0.4, 0.5) is 0 Å². The van der Waals surface area contributed by atoms with E-state index < -0.39 is 0 Å². The Labute approximate surface area is 95.2 Å². The summed E-state index contributed by atoms with van der Waals surface area (Å²) in [5.74, 6) is 3.33. The maximum Gasteiger partial charge on any atom is 0.246 e. The molecule has 0 bridgehead atoms. The van der Waals surface area contributed by atoms with Gasteiger partial charge < -0.3 is 9.84 Å². The van der Waals surface area contributed by atoms with Gasteiger partial charge in [0.05, 0.1) is 11.3 Å². The summed E-state index contributed by atoms with van der Waals surface area (Å²) in [6, 6.07) is 0. The minimum Gasteiger partial charge on any atom is -0.337 e. The van der Waals surface area contributed by atoms with Gasteiger partial charge in [0, 0.05) is 0 Å². The van der Waals surface area contributed by atoms with Crippen molar-refractivity contribution in [1.82, 2.24) is 15.5 Å². The fraction of sp³-hybridized carbons (Fsp3) is 0.800. The Morgan fingerprint density at radius 1 is 1.40 bits per heavy atom. The van der Waals surface area contributed by atoms with Gasteiger partial charge in [-0.25, -0.2) is 0 Å².